The fourth-order valence-corrected chi connectivity index (χ4v) is 6.17. The SMILES string of the molecule is C[C@@]12CC[C@H]3[C@@H](CCC4=CC(=O)C=C[C@@]43C)[C@@H]1CC[C@@H]2O. The number of ketones is 1. The number of aliphatic hydroxyl groups is 1. The van der Waals surface area contributed by atoms with Crippen molar-refractivity contribution < 1.29 is 9.90 Å². The summed E-state index contributed by atoms with van der Waals surface area (Å²) in [6, 6.07) is 0. The van der Waals surface area contributed by atoms with Crippen molar-refractivity contribution in [2.24, 2.45) is 28.6 Å². The van der Waals surface area contributed by atoms with Crippen LogP contribution < -0.4 is 0 Å². The monoisotopic (exact) mass is 286 g/mol. The van der Waals surface area contributed by atoms with Gasteiger partial charge in [-0.3, -0.25) is 4.79 Å². The second-order valence-electron chi connectivity index (χ2n) is 8.24. The van der Waals surface area contributed by atoms with Crippen molar-refractivity contribution in [3.63, 3.8) is 0 Å². The van der Waals surface area contributed by atoms with Gasteiger partial charge in [-0.1, -0.05) is 25.5 Å². The van der Waals surface area contributed by atoms with Gasteiger partial charge >= 0.3 is 0 Å². The minimum absolute atomic E-state index is 0.0890. The molecule has 0 spiro atoms. The van der Waals surface area contributed by atoms with Gasteiger partial charge < -0.3 is 5.11 Å². The molecule has 2 heteroatoms. The molecule has 0 bridgehead atoms. The molecule has 3 saturated carbocycles. The number of hydrogen-bond acceptors (Lipinski definition) is 2. The van der Waals surface area contributed by atoms with E-state index in [9.17, 15) is 9.90 Å². The van der Waals surface area contributed by atoms with Crippen LogP contribution in [-0.4, -0.2) is 17.0 Å². The van der Waals surface area contributed by atoms with Crippen LogP contribution >= 0.6 is 0 Å². The van der Waals surface area contributed by atoms with Crippen molar-refractivity contribution in [3.8, 4) is 0 Å². The Hall–Kier alpha value is -0.890. The van der Waals surface area contributed by atoms with Gasteiger partial charge in [0.05, 0.1) is 6.10 Å². The van der Waals surface area contributed by atoms with Crippen LogP contribution in [-0.2, 0) is 4.79 Å². The zero-order valence-corrected chi connectivity index (χ0v) is 13.1. The Morgan fingerprint density at radius 1 is 1.14 bits per heavy atom. The summed E-state index contributed by atoms with van der Waals surface area (Å²) in [5, 5.41) is 10.4. The minimum atomic E-state index is -0.100. The predicted molar refractivity (Wildman–Crippen MR) is 82.6 cm³/mol. The molecule has 0 radical (unpaired) electrons. The Kier molecular flexibility index (Phi) is 2.83. The number of rotatable bonds is 0. The molecule has 0 aromatic carbocycles. The zero-order valence-electron chi connectivity index (χ0n) is 13.1. The fraction of sp³-hybridized carbons (Fsp3) is 0.737. The molecule has 0 aromatic rings. The summed E-state index contributed by atoms with van der Waals surface area (Å²) >= 11 is 0. The highest BCUT2D eigenvalue weighted by atomic mass is 16.3. The summed E-state index contributed by atoms with van der Waals surface area (Å²) in [5.41, 5.74) is 1.59. The number of aliphatic hydroxyl groups excluding tert-OH is 1. The van der Waals surface area contributed by atoms with E-state index in [1.54, 1.807) is 6.08 Å². The highest BCUT2D eigenvalue weighted by molar-refractivity contribution is 6.01. The van der Waals surface area contributed by atoms with E-state index in [1.807, 2.05) is 6.08 Å². The first-order valence-electron chi connectivity index (χ1n) is 8.57. The number of fused-ring (bicyclic) bond motifs is 5. The second-order valence-corrected chi connectivity index (χ2v) is 8.24. The van der Waals surface area contributed by atoms with Gasteiger partial charge in [0, 0.05) is 5.41 Å². The molecule has 1 N–H and O–H groups in total. The summed E-state index contributed by atoms with van der Waals surface area (Å²) in [5.74, 6) is 2.22. The predicted octanol–water partition coefficient (Wildman–Crippen LogP) is 3.66. The molecule has 6 atom stereocenters. The lowest BCUT2D eigenvalue weighted by atomic mass is 9.48. The maximum Gasteiger partial charge on any atom is 0.178 e. The topological polar surface area (TPSA) is 37.3 Å². The molecule has 0 unspecified atom stereocenters. The summed E-state index contributed by atoms with van der Waals surface area (Å²) in [6.07, 6.45) is 12.6. The van der Waals surface area contributed by atoms with Crippen LogP contribution in [0.25, 0.3) is 0 Å². The molecule has 0 aromatic heterocycles. The van der Waals surface area contributed by atoms with E-state index in [4.69, 9.17) is 0 Å². The molecule has 0 amide bonds. The standard InChI is InChI=1S/C19H26O2/c1-18-9-7-13(20)11-12(18)3-4-14-15-5-6-17(21)19(15,2)10-8-16(14)18/h7,9,11,14-17,21H,3-6,8,10H2,1-2H3/t14-,15-,16-,17-,18-,19+/m0/s1. The highest BCUT2D eigenvalue weighted by Crippen LogP contribution is 2.64. The lowest BCUT2D eigenvalue weighted by Crippen LogP contribution is -2.50. The van der Waals surface area contributed by atoms with Crippen LogP contribution in [0.5, 0.6) is 0 Å². The third kappa shape index (κ3) is 1.72. The summed E-state index contributed by atoms with van der Waals surface area (Å²) in [4.78, 5) is 11.7. The molecule has 0 heterocycles. The van der Waals surface area contributed by atoms with E-state index in [1.165, 1.54) is 24.8 Å². The average molecular weight is 286 g/mol. The Bertz CT molecular complexity index is 546. The smallest absolute Gasteiger partial charge is 0.178 e. The molecule has 3 fully saturated rings. The van der Waals surface area contributed by atoms with Gasteiger partial charge in [-0.25, -0.2) is 0 Å². The van der Waals surface area contributed by atoms with Crippen LogP contribution in [0.4, 0.5) is 0 Å². The van der Waals surface area contributed by atoms with Crippen molar-refractivity contribution in [3.05, 3.63) is 23.8 Å². The molecule has 21 heavy (non-hydrogen) atoms. The molecule has 4 aliphatic carbocycles. The minimum Gasteiger partial charge on any atom is -0.393 e. The number of hydrogen-bond donors (Lipinski definition) is 1. The average Bonchev–Trinajstić information content (AvgIpc) is 2.76. The van der Waals surface area contributed by atoms with Crippen LogP contribution in [0.1, 0.15) is 52.4 Å². The highest BCUT2D eigenvalue weighted by Gasteiger charge is 2.58. The van der Waals surface area contributed by atoms with Crippen molar-refractivity contribution in [1.82, 2.24) is 0 Å². The van der Waals surface area contributed by atoms with E-state index < -0.39 is 0 Å². The van der Waals surface area contributed by atoms with Gasteiger partial charge in [-0.2, -0.15) is 0 Å². The maximum atomic E-state index is 11.7. The largest absolute Gasteiger partial charge is 0.393 e. The van der Waals surface area contributed by atoms with Crippen LogP contribution in [0, 0.1) is 28.6 Å². The first-order chi connectivity index (χ1) is 9.95. The maximum absolute atomic E-state index is 11.7. The van der Waals surface area contributed by atoms with Gasteiger partial charge in [-0.15, -0.1) is 0 Å². The zero-order chi connectivity index (χ0) is 14.8. The Labute approximate surface area is 127 Å². The van der Waals surface area contributed by atoms with Gasteiger partial charge in [0.1, 0.15) is 0 Å². The normalized spacial score (nSPS) is 52.0. The second kappa shape index (κ2) is 4.32. The molecule has 4 aliphatic rings. The Balaban J connectivity index is 1.70. The lowest BCUT2D eigenvalue weighted by molar-refractivity contribution is -0.111. The number of allylic oxidation sites excluding steroid dienone is 4. The van der Waals surface area contributed by atoms with E-state index in [0.29, 0.717) is 11.8 Å². The summed E-state index contributed by atoms with van der Waals surface area (Å²) in [7, 11) is 0. The van der Waals surface area contributed by atoms with Gasteiger partial charge in [0.25, 0.3) is 0 Å². The first kappa shape index (κ1) is 13.8. The van der Waals surface area contributed by atoms with E-state index in [0.717, 1.165) is 25.2 Å². The number of carbonyl (C=O) groups is 1. The van der Waals surface area contributed by atoms with Crippen LogP contribution in [0.2, 0.25) is 0 Å². The first-order valence-corrected chi connectivity index (χ1v) is 8.57. The molecule has 4 rings (SSSR count). The van der Waals surface area contributed by atoms with Crippen LogP contribution in [0.15, 0.2) is 23.8 Å². The molecular weight excluding hydrogens is 260 g/mol. The molecular formula is C19H26O2. The Morgan fingerprint density at radius 3 is 2.76 bits per heavy atom. The van der Waals surface area contributed by atoms with E-state index in [2.05, 4.69) is 19.9 Å². The van der Waals surface area contributed by atoms with Gasteiger partial charge in [0.15, 0.2) is 5.78 Å². The molecule has 0 aliphatic heterocycles. The molecule has 0 saturated heterocycles. The quantitative estimate of drug-likeness (QED) is 0.738. The molecule has 2 nitrogen and oxygen atoms in total. The van der Waals surface area contributed by atoms with Crippen LogP contribution in [0.3, 0.4) is 0 Å². The van der Waals surface area contributed by atoms with Crippen molar-refractivity contribution in [2.75, 3.05) is 0 Å². The third-order valence-corrected chi connectivity index (χ3v) is 7.51. The van der Waals surface area contributed by atoms with E-state index >= 15 is 0 Å². The van der Waals surface area contributed by atoms with Crippen molar-refractivity contribution in [2.45, 2.75) is 58.5 Å². The lowest BCUT2D eigenvalue weighted by Gasteiger charge is -2.56. The van der Waals surface area contributed by atoms with Gasteiger partial charge in [-0.05, 0) is 73.8 Å². The third-order valence-electron chi connectivity index (χ3n) is 7.51. The summed E-state index contributed by atoms with van der Waals surface area (Å²) in [6.45, 7) is 4.66. The van der Waals surface area contributed by atoms with Gasteiger partial charge in [0.2, 0.25) is 0 Å². The fourth-order valence-electron chi connectivity index (χ4n) is 6.17. The Morgan fingerprint density at radius 2 is 1.95 bits per heavy atom. The van der Waals surface area contributed by atoms with Crippen molar-refractivity contribution >= 4 is 5.78 Å². The van der Waals surface area contributed by atoms with Crippen molar-refractivity contribution in [1.29, 1.82) is 0 Å². The summed E-state index contributed by atoms with van der Waals surface area (Å²) < 4.78 is 0. The van der Waals surface area contributed by atoms with E-state index in [-0.39, 0.29) is 22.7 Å². The molecule has 114 valence electrons. The number of carbonyl (C=O) groups excluding carboxylic acids is 1.